The molecule has 132 valence electrons. The molecule has 0 fully saturated rings. The van der Waals surface area contributed by atoms with Crippen molar-refractivity contribution in [2.24, 2.45) is 0 Å². The molecular weight excluding hydrogens is 348 g/mol. The predicted molar refractivity (Wildman–Crippen MR) is 100 cm³/mol. The average Bonchev–Trinajstić information content (AvgIpc) is 2.63. The van der Waals surface area contributed by atoms with E-state index in [1.54, 1.807) is 30.3 Å². The number of hydrogen-bond acceptors (Lipinski definition) is 6. The zero-order chi connectivity index (χ0) is 18.7. The van der Waals surface area contributed by atoms with E-state index in [9.17, 15) is 13.7 Å². The Morgan fingerprint density at radius 1 is 1.08 bits per heavy atom. The lowest BCUT2D eigenvalue weighted by Gasteiger charge is -2.15. The monoisotopic (exact) mass is 366 g/mol. The maximum absolute atomic E-state index is 13.0. The first-order chi connectivity index (χ1) is 12.5. The number of nitrogens with one attached hydrogen (secondary N) is 1. The van der Waals surface area contributed by atoms with E-state index in [1.807, 2.05) is 26.0 Å². The minimum atomic E-state index is -3.93. The van der Waals surface area contributed by atoms with Crippen molar-refractivity contribution in [1.29, 1.82) is 5.26 Å². The molecule has 0 saturated heterocycles. The second-order valence-electron chi connectivity index (χ2n) is 5.84. The molecule has 0 saturated carbocycles. The van der Waals surface area contributed by atoms with Gasteiger partial charge in [-0.05, 0) is 38.1 Å². The third-order valence-corrected chi connectivity index (χ3v) is 5.85. The molecule has 3 rings (SSSR count). The van der Waals surface area contributed by atoms with Crippen LogP contribution >= 0.6 is 0 Å². The predicted octanol–water partition coefficient (Wildman–Crippen LogP) is 3.41. The molecule has 6 nitrogen and oxygen atoms in total. The summed E-state index contributed by atoms with van der Waals surface area (Å²) in [4.78, 5) is 9.00. The molecule has 0 radical (unpaired) electrons. The van der Waals surface area contributed by atoms with Gasteiger partial charge in [0.2, 0.25) is 9.84 Å². The van der Waals surface area contributed by atoms with E-state index in [-0.39, 0.29) is 10.6 Å². The minimum absolute atomic E-state index is 0.0899. The lowest BCUT2D eigenvalue weighted by molar-refractivity contribution is 0.590. The lowest BCUT2D eigenvalue weighted by atomic mass is 10.2. The maximum atomic E-state index is 13.0. The number of anilines is 1. The van der Waals surface area contributed by atoms with Crippen molar-refractivity contribution in [3.8, 4) is 6.07 Å². The van der Waals surface area contributed by atoms with Crippen LogP contribution in [0.25, 0.3) is 11.0 Å². The zero-order valence-electron chi connectivity index (χ0n) is 14.5. The van der Waals surface area contributed by atoms with Crippen molar-refractivity contribution in [3.63, 3.8) is 0 Å². The van der Waals surface area contributed by atoms with Crippen LogP contribution in [-0.4, -0.2) is 24.9 Å². The van der Waals surface area contributed by atoms with Gasteiger partial charge in [0.15, 0.2) is 11.1 Å². The van der Waals surface area contributed by atoms with Gasteiger partial charge in [0.05, 0.1) is 22.0 Å². The van der Waals surface area contributed by atoms with Crippen LogP contribution in [0.5, 0.6) is 0 Å². The van der Waals surface area contributed by atoms with Crippen LogP contribution in [0.3, 0.4) is 0 Å². The highest BCUT2D eigenvalue weighted by atomic mass is 32.2. The van der Waals surface area contributed by atoms with Gasteiger partial charge in [0.25, 0.3) is 0 Å². The van der Waals surface area contributed by atoms with Gasteiger partial charge in [-0.3, -0.25) is 0 Å². The molecular formula is C19H18N4O2S. The van der Waals surface area contributed by atoms with Gasteiger partial charge in [-0.2, -0.15) is 5.26 Å². The molecule has 26 heavy (non-hydrogen) atoms. The maximum Gasteiger partial charge on any atom is 0.200 e. The van der Waals surface area contributed by atoms with Crippen LogP contribution in [0.1, 0.15) is 23.4 Å². The quantitative estimate of drug-likeness (QED) is 0.743. The van der Waals surface area contributed by atoms with Gasteiger partial charge in [-0.25, -0.2) is 18.4 Å². The number of sulfone groups is 1. The Kier molecular flexibility index (Phi) is 4.87. The molecule has 7 heteroatoms. The first-order valence-corrected chi connectivity index (χ1v) is 9.72. The van der Waals surface area contributed by atoms with Crippen molar-refractivity contribution in [3.05, 3.63) is 59.8 Å². The second-order valence-corrected chi connectivity index (χ2v) is 7.88. The molecule has 0 unspecified atom stereocenters. The Hall–Kier alpha value is -2.98. The second kappa shape index (κ2) is 7.10. The van der Waals surface area contributed by atoms with Crippen molar-refractivity contribution in [2.75, 3.05) is 11.9 Å². The third-order valence-electron chi connectivity index (χ3n) is 3.97. The molecule has 1 atom stereocenters. The average molecular weight is 366 g/mol. The van der Waals surface area contributed by atoms with Crippen molar-refractivity contribution in [2.45, 2.75) is 24.0 Å². The Labute approximate surface area is 152 Å². The standard InChI is InChI=1S/C19H18N4O2S/c1-3-21-19-18(22-15-6-4-5-7-16(15)23-19)17(12-20)26(24,25)14-10-8-13(2)9-11-14/h4-11,17H,3H2,1-2H3,(H,21,23)/t17-/m0/s1. The van der Waals surface area contributed by atoms with Crippen LogP contribution in [0.4, 0.5) is 5.82 Å². The number of aryl methyl sites for hydroxylation is 1. The highest BCUT2D eigenvalue weighted by Crippen LogP contribution is 2.32. The van der Waals surface area contributed by atoms with Crippen LogP contribution in [0.15, 0.2) is 53.4 Å². The van der Waals surface area contributed by atoms with Crippen molar-refractivity contribution < 1.29 is 8.42 Å². The van der Waals surface area contributed by atoms with Crippen molar-refractivity contribution in [1.82, 2.24) is 9.97 Å². The van der Waals surface area contributed by atoms with Gasteiger partial charge < -0.3 is 5.32 Å². The Bertz CT molecular complexity index is 1090. The van der Waals surface area contributed by atoms with E-state index in [2.05, 4.69) is 15.3 Å². The highest BCUT2D eigenvalue weighted by Gasteiger charge is 2.33. The molecule has 0 aliphatic heterocycles. The van der Waals surface area contributed by atoms with Crippen LogP contribution in [-0.2, 0) is 9.84 Å². The number of benzene rings is 2. The van der Waals surface area contributed by atoms with Gasteiger partial charge in [0.1, 0.15) is 5.69 Å². The number of nitrogens with zero attached hydrogens (tertiary/aromatic N) is 3. The summed E-state index contributed by atoms with van der Waals surface area (Å²) in [5.41, 5.74) is 2.24. The normalized spacial score (nSPS) is 12.5. The molecule has 0 aliphatic carbocycles. The van der Waals surface area contributed by atoms with E-state index in [4.69, 9.17) is 0 Å². The summed E-state index contributed by atoms with van der Waals surface area (Å²) in [6, 6.07) is 15.5. The van der Waals surface area contributed by atoms with Gasteiger partial charge in [-0.1, -0.05) is 29.8 Å². The Morgan fingerprint density at radius 2 is 1.69 bits per heavy atom. The number of aromatic nitrogens is 2. The third kappa shape index (κ3) is 3.24. The number of fused-ring (bicyclic) bond motifs is 1. The smallest absolute Gasteiger partial charge is 0.200 e. The SMILES string of the molecule is CCNc1nc2ccccc2nc1[C@H](C#N)S(=O)(=O)c1ccc(C)cc1. The summed E-state index contributed by atoms with van der Waals surface area (Å²) < 4.78 is 26.1. The van der Waals surface area contributed by atoms with Gasteiger partial charge >= 0.3 is 0 Å². The first kappa shape index (κ1) is 17.8. The Morgan fingerprint density at radius 3 is 2.27 bits per heavy atom. The number of nitriles is 1. The molecule has 3 aromatic rings. The minimum Gasteiger partial charge on any atom is -0.369 e. The lowest BCUT2D eigenvalue weighted by Crippen LogP contribution is -2.17. The molecule has 0 spiro atoms. The summed E-state index contributed by atoms with van der Waals surface area (Å²) >= 11 is 0. The van der Waals surface area contributed by atoms with E-state index >= 15 is 0 Å². The molecule has 1 N–H and O–H groups in total. The van der Waals surface area contributed by atoms with Gasteiger partial charge in [-0.15, -0.1) is 0 Å². The topological polar surface area (TPSA) is 95.7 Å². The van der Waals surface area contributed by atoms with Crippen molar-refractivity contribution >= 4 is 26.7 Å². The fraction of sp³-hybridized carbons (Fsp3) is 0.211. The molecule has 0 aliphatic rings. The fourth-order valence-electron chi connectivity index (χ4n) is 2.64. The summed E-state index contributed by atoms with van der Waals surface area (Å²) in [6.45, 7) is 4.27. The van der Waals surface area contributed by atoms with E-state index < -0.39 is 15.1 Å². The van der Waals surface area contributed by atoms with Crippen LogP contribution < -0.4 is 5.32 Å². The zero-order valence-corrected chi connectivity index (χ0v) is 15.3. The summed E-state index contributed by atoms with van der Waals surface area (Å²) in [5, 5.41) is 11.2. The number of hydrogen-bond donors (Lipinski definition) is 1. The summed E-state index contributed by atoms with van der Waals surface area (Å²) in [7, 11) is -3.93. The molecule has 0 bridgehead atoms. The molecule has 0 amide bonds. The van der Waals surface area contributed by atoms with E-state index in [0.717, 1.165) is 5.56 Å². The first-order valence-electron chi connectivity index (χ1n) is 8.18. The van der Waals surface area contributed by atoms with Crippen LogP contribution in [0.2, 0.25) is 0 Å². The number of para-hydroxylation sites is 2. The number of rotatable bonds is 5. The Balaban J connectivity index is 2.19. The molecule has 1 heterocycles. The summed E-state index contributed by atoms with van der Waals surface area (Å²) in [5.74, 6) is 0.313. The molecule has 2 aromatic carbocycles. The van der Waals surface area contributed by atoms with Crippen LogP contribution in [0, 0.1) is 18.3 Å². The fourth-order valence-corrected chi connectivity index (χ4v) is 4.02. The van der Waals surface area contributed by atoms with E-state index in [0.29, 0.717) is 23.4 Å². The van der Waals surface area contributed by atoms with Gasteiger partial charge in [0, 0.05) is 6.54 Å². The summed E-state index contributed by atoms with van der Waals surface area (Å²) in [6.07, 6.45) is 0. The van der Waals surface area contributed by atoms with E-state index in [1.165, 1.54) is 12.1 Å². The highest BCUT2D eigenvalue weighted by molar-refractivity contribution is 7.92. The largest absolute Gasteiger partial charge is 0.369 e. The molecule has 1 aromatic heterocycles.